The number of aryl methyl sites for hydroxylation is 1. The first-order valence-corrected chi connectivity index (χ1v) is 4.82. The molecule has 1 aromatic carbocycles. The van der Waals surface area contributed by atoms with E-state index in [9.17, 15) is 4.79 Å². The highest BCUT2D eigenvalue weighted by molar-refractivity contribution is 6.08. The molecule has 0 bridgehead atoms. The molecule has 2 aromatic rings. The number of rotatable bonds is 2. The van der Waals surface area contributed by atoms with E-state index in [2.05, 4.69) is 4.98 Å². The summed E-state index contributed by atoms with van der Waals surface area (Å²) in [5, 5.41) is 0.874. The molecule has 0 aliphatic heterocycles. The van der Waals surface area contributed by atoms with E-state index >= 15 is 0 Å². The Morgan fingerprint density at radius 2 is 2.13 bits per heavy atom. The van der Waals surface area contributed by atoms with Crippen molar-refractivity contribution in [1.82, 2.24) is 4.98 Å². The third-order valence-corrected chi connectivity index (χ3v) is 2.33. The van der Waals surface area contributed by atoms with Crippen molar-refractivity contribution in [3.63, 3.8) is 0 Å². The van der Waals surface area contributed by atoms with Gasteiger partial charge in [-0.05, 0) is 19.1 Å². The number of para-hydroxylation sites is 1. The number of carbonyl (C=O) groups excluding carboxylic acids is 1. The van der Waals surface area contributed by atoms with Crippen LogP contribution in [0.3, 0.4) is 0 Å². The first kappa shape index (κ1) is 9.80. The van der Waals surface area contributed by atoms with E-state index in [0.717, 1.165) is 16.6 Å². The van der Waals surface area contributed by atoms with Crippen LogP contribution in [0.5, 0.6) is 0 Å². The van der Waals surface area contributed by atoms with E-state index in [0.29, 0.717) is 5.56 Å². The second-order valence-corrected chi connectivity index (χ2v) is 3.46. The van der Waals surface area contributed by atoms with E-state index < -0.39 is 0 Å². The summed E-state index contributed by atoms with van der Waals surface area (Å²) in [6.07, 6.45) is 0. The van der Waals surface area contributed by atoms with E-state index in [1.165, 1.54) is 0 Å². The summed E-state index contributed by atoms with van der Waals surface area (Å²) in [6.45, 7) is 1.91. The van der Waals surface area contributed by atoms with Gasteiger partial charge in [0.05, 0.1) is 12.1 Å². The van der Waals surface area contributed by atoms with Crippen LogP contribution in [0.1, 0.15) is 16.1 Å². The average Bonchev–Trinajstić information content (AvgIpc) is 2.26. The molecule has 76 valence electrons. The van der Waals surface area contributed by atoms with Gasteiger partial charge in [0, 0.05) is 16.6 Å². The summed E-state index contributed by atoms with van der Waals surface area (Å²) in [5.41, 5.74) is 7.72. The standard InChI is InChI=1S/C12H12N2O/c1-8-6-10(12(15)7-13)9-4-2-3-5-11(9)14-8/h2-6H,7,13H2,1H3. The molecule has 3 nitrogen and oxygen atoms in total. The highest BCUT2D eigenvalue weighted by atomic mass is 16.1. The quantitative estimate of drug-likeness (QED) is 0.750. The highest BCUT2D eigenvalue weighted by Crippen LogP contribution is 2.18. The summed E-state index contributed by atoms with van der Waals surface area (Å²) < 4.78 is 0. The van der Waals surface area contributed by atoms with Crippen molar-refractivity contribution < 1.29 is 4.79 Å². The summed E-state index contributed by atoms with van der Waals surface area (Å²) in [5.74, 6) is -0.0447. The first-order chi connectivity index (χ1) is 7.22. The number of hydrogen-bond donors (Lipinski definition) is 1. The molecule has 1 aromatic heterocycles. The fraction of sp³-hybridized carbons (Fsp3) is 0.167. The average molecular weight is 200 g/mol. The zero-order valence-electron chi connectivity index (χ0n) is 8.53. The lowest BCUT2D eigenvalue weighted by molar-refractivity contribution is 0.100. The number of nitrogens with zero attached hydrogens (tertiary/aromatic N) is 1. The molecule has 2 N–H and O–H groups in total. The van der Waals surface area contributed by atoms with Gasteiger partial charge in [-0.3, -0.25) is 9.78 Å². The van der Waals surface area contributed by atoms with Crippen LogP contribution in [0.2, 0.25) is 0 Å². The maximum absolute atomic E-state index is 11.6. The first-order valence-electron chi connectivity index (χ1n) is 4.82. The third-order valence-electron chi connectivity index (χ3n) is 2.33. The second-order valence-electron chi connectivity index (χ2n) is 3.46. The van der Waals surface area contributed by atoms with Crippen LogP contribution in [-0.4, -0.2) is 17.3 Å². The van der Waals surface area contributed by atoms with Crippen LogP contribution >= 0.6 is 0 Å². The molecule has 0 aliphatic carbocycles. The normalized spacial score (nSPS) is 10.5. The van der Waals surface area contributed by atoms with Gasteiger partial charge in [-0.2, -0.15) is 0 Å². The number of Topliss-reactive ketones (excluding diaryl/α,β-unsaturated/α-hetero) is 1. The number of benzene rings is 1. The molecule has 0 spiro atoms. The Morgan fingerprint density at radius 1 is 1.40 bits per heavy atom. The van der Waals surface area contributed by atoms with Crippen molar-refractivity contribution in [2.75, 3.05) is 6.54 Å². The minimum atomic E-state index is -0.0447. The molecular formula is C12H12N2O. The van der Waals surface area contributed by atoms with Crippen LogP contribution in [0, 0.1) is 6.92 Å². The Hall–Kier alpha value is -1.74. The van der Waals surface area contributed by atoms with Crippen molar-refractivity contribution in [3.05, 3.63) is 41.6 Å². The zero-order chi connectivity index (χ0) is 10.8. The van der Waals surface area contributed by atoms with E-state index in [-0.39, 0.29) is 12.3 Å². The molecule has 1 heterocycles. The molecular weight excluding hydrogens is 188 g/mol. The molecule has 0 unspecified atom stereocenters. The SMILES string of the molecule is Cc1cc(C(=O)CN)c2ccccc2n1. The number of nitrogens with two attached hydrogens (primary N) is 1. The smallest absolute Gasteiger partial charge is 0.177 e. The predicted octanol–water partition coefficient (Wildman–Crippen LogP) is 1.68. The molecule has 0 saturated heterocycles. The topological polar surface area (TPSA) is 56.0 Å². The van der Waals surface area contributed by atoms with Gasteiger partial charge in [0.1, 0.15) is 0 Å². The van der Waals surface area contributed by atoms with Gasteiger partial charge in [0.2, 0.25) is 0 Å². The number of fused-ring (bicyclic) bond motifs is 1. The minimum absolute atomic E-state index is 0.0352. The lowest BCUT2D eigenvalue weighted by Gasteiger charge is -2.05. The molecule has 0 atom stereocenters. The van der Waals surface area contributed by atoms with Crippen molar-refractivity contribution in [3.8, 4) is 0 Å². The number of carbonyl (C=O) groups is 1. The van der Waals surface area contributed by atoms with Gasteiger partial charge in [0.25, 0.3) is 0 Å². The molecule has 0 fully saturated rings. The molecule has 2 rings (SSSR count). The summed E-state index contributed by atoms with van der Waals surface area (Å²) in [4.78, 5) is 16.0. The Morgan fingerprint density at radius 3 is 2.87 bits per heavy atom. The number of aromatic nitrogens is 1. The predicted molar refractivity (Wildman–Crippen MR) is 59.9 cm³/mol. The second kappa shape index (κ2) is 3.79. The maximum atomic E-state index is 11.6. The Kier molecular flexibility index (Phi) is 2.47. The largest absolute Gasteiger partial charge is 0.324 e. The van der Waals surface area contributed by atoms with Crippen LogP contribution in [0.4, 0.5) is 0 Å². The Balaban J connectivity index is 2.76. The van der Waals surface area contributed by atoms with Gasteiger partial charge in [-0.1, -0.05) is 18.2 Å². The minimum Gasteiger partial charge on any atom is -0.324 e. The third kappa shape index (κ3) is 1.74. The van der Waals surface area contributed by atoms with Gasteiger partial charge in [-0.15, -0.1) is 0 Å². The lowest BCUT2D eigenvalue weighted by atomic mass is 10.0. The molecule has 3 heteroatoms. The fourth-order valence-corrected chi connectivity index (χ4v) is 1.65. The van der Waals surface area contributed by atoms with Crippen molar-refractivity contribution in [2.45, 2.75) is 6.92 Å². The number of hydrogen-bond acceptors (Lipinski definition) is 3. The van der Waals surface area contributed by atoms with Gasteiger partial charge in [0.15, 0.2) is 5.78 Å². The van der Waals surface area contributed by atoms with Crippen molar-refractivity contribution in [1.29, 1.82) is 0 Å². The van der Waals surface area contributed by atoms with E-state index in [1.807, 2.05) is 31.2 Å². The molecule has 15 heavy (non-hydrogen) atoms. The molecule has 0 aliphatic rings. The summed E-state index contributed by atoms with van der Waals surface area (Å²) in [6, 6.07) is 9.38. The van der Waals surface area contributed by atoms with E-state index in [1.54, 1.807) is 6.07 Å². The number of pyridine rings is 1. The summed E-state index contributed by atoms with van der Waals surface area (Å²) in [7, 11) is 0. The molecule has 0 radical (unpaired) electrons. The van der Waals surface area contributed by atoms with Crippen molar-refractivity contribution in [2.24, 2.45) is 5.73 Å². The van der Waals surface area contributed by atoms with Gasteiger partial charge in [-0.25, -0.2) is 0 Å². The fourth-order valence-electron chi connectivity index (χ4n) is 1.65. The Bertz CT molecular complexity index is 520. The molecule has 0 amide bonds. The van der Waals surface area contributed by atoms with Crippen LogP contribution in [0.15, 0.2) is 30.3 Å². The maximum Gasteiger partial charge on any atom is 0.177 e. The van der Waals surface area contributed by atoms with Crippen molar-refractivity contribution >= 4 is 16.7 Å². The zero-order valence-corrected chi connectivity index (χ0v) is 8.53. The van der Waals surface area contributed by atoms with Gasteiger partial charge >= 0.3 is 0 Å². The van der Waals surface area contributed by atoms with Crippen LogP contribution in [0.25, 0.3) is 10.9 Å². The monoisotopic (exact) mass is 200 g/mol. The van der Waals surface area contributed by atoms with Crippen LogP contribution in [-0.2, 0) is 0 Å². The van der Waals surface area contributed by atoms with Crippen LogP contribution < -0.4 is 5.73 Å². The highest BCUT2D eigenvalue weighted by Gasteiger charge is 2.09. The summed E-state index contributed by atoms with van der Waals surface area (Å²) >= 11 is 0. The Labute approximate surface area is 87.9 Å². The number of ketones is 1. The lowest BCUT2D eigenvalue weighted by Crippen LogP contribution is -2.14. The molecule has 0 saturated carbocycles. The van der Waals surface area contributed by atoms with E-state index in [4.69, 9.17) is 5.73 Å². The van der Waals surface area contributed by atoms with Gasteiger partial charge < -0.3 is 5.73 Å².